The van der Waals surface area contributed by atoms with Crippen LogP contribution in [-0.4, -0.2) is 24.9 Å². The standard InChI is InChI=1S/C14H21ClO3/c1-3-4-7-17-8-9-18-14-6-5-12(11(2)16)10-13(14)15/h5-6,10-11,16H,3-4,7-9H2,1-2H3/t11-/m1/s1. The first kappa shape index (κ1) is 15.3. The van der Waals surface area contributed by atoms with Gasteiger partial charge in [0.15, 0.2) is 0 Å². The summed E-state index contributed by atoms with van der Waals surface area (Å²) in [6.45, 7) is 5.65. The van der Waals surface area contributed by atoms with Gasteiger partial charge in [-0.05, 0) is 31.0 Å². The maximum Gasteiger partial charge on any atom is 0.138 e. The van der Waals surface area contributed by atoms with Crippen LogP contribution >= 0.6 is 11.6 Å². The molecule has 0 radical (unpaired) electrons. The highest BCUT2D eigenvalue weighted by Gasteiger charge is 2.06. The summed E-state index contributed by atoms with van der Waals surface area (Å²) in [5.41, 5.74) is 0.784. The number of rotatable bonds is 8. The summed E-state index contributed by atoms with van der Waals surface area (Å²) in [5.74, 6) is 0.625. The number of unbranched alkanes of at least 4 members (excludes halogenated alkanes) is 1. The molecule has 0 aliphatic rings. The zero-order chi connectivity index (χ0) is 13.4. The number of ether oxygens (including phenoxy) is 2. The van der Waals surface area contributed by atoms with Crippen LogP contribution in [0.15, 0.2) is 18.2 Å². The number of hydrogen-bond acceptors (Lipinski definition) is 3. The fourth-order valence-corrected chi connectivity index (χ4v) is 1.70. The highest BCUT2D eigenvalue weighted by molar-refractivity contribution is 6.32. The molecule has 4 heteroatoms. The molecule has 0 saturated heterocycles. The van der Waals surface area contributed by atoms with E-state index in [1.807, 2.05) is 6.07 Å². The van der Waals surface area contributed by atoms with Crippen molar-refractivity contribution in [1.82, 2.24) is 0 Å². The fourth-order valence-electron chi connectivity index (χ4n) is 1.45. The van der Waals surface area contributed by atoms with Crippen molar-refractivity contribution in [1.29, 1.82) is 0 Å². The summed E-state index contributed by atoms with van der Waals surface area (Å²) in [7, 11) is 0. The SMILES string of the molecule is CCCCOCCOc1ccc([C@@H](C)O)cc1Cl. The van der Waals surface area contributed by atoms with Crippen molar-refractivity contribution in [3.8, 4) is 5.75 Å². The Hall–Kier alpha value is -0.770. The summed E-state index contributed by atoms with van der Waals surface area (Å²) < 4.78 is 10.9. The number of aliphatic hydroxyl groups is 1. The van der Waals surface area contributed by atoms with E-state index in [9.17, 15) is 5.11 Å². The van der Waals surface area contributed by atoms with Crippen molar-refractivity contribution in [3.05, 3.63) is 28.8 Å². The van der Waals surface area contributed by atoms with Crippen LogP contribution < -0.4 is 4.74 Å². The Labute approximate surface area is 114 Å². The Morgan fingerprint density at radius 1 is 1.28 bits per heavy atom. The molecule has 3 nitrogen and oxygen atoms in total. The minimum absolute atomic E-state index is 0.484. The Bertz CT molecular complexity index is 353. The van der Waals surface area contributed by atoms with Crippen LogP contribution in [0.4, 0.5) is 0 Å². The van der Waals surface area contributed by atoms with Gasteiger partial charge in [0.2, 0.25) is 0 Å². The van der Waals surface area contributed by atoms with Gasteiger partial charge in [0.25, 0.3) is 0 Å². The highest BCUT2D eigenvalue weighted by Crippen LogP contribution is 2.27. The van der Waals surface area contributed by atoms with E-state index in [0.29, 0.717) is 24.0 Å². The van der Waals surface area contributed by atoms with Crippen molar-refractivity contribution in [3.63, 3.8) is 0 Å². The minimum Gasteiger partial charge on any atom is -0.490 e. The van der Waals surface area contributed by atoms with Crippen LogP contribution in [0.2, 0.25) is 5.02 Å². The van der Waals surface area contributed by atoms with Gasteiger partial charge in [-0.3, -0.25) is 0 Å². The van der Waals surface area contributed by atoms with Crippen LogP contribution in [0.5, 0.6) is 5.75 Å². The molecule has 0 amide bonds. The minimum atomic E-state index is -0.520. The average Bonchev–Trinajstić information content (AvgIpc) is 2.35. The van der Waals surface area contributed by atoms with E-state index >= 15 is 0 Å². The van der Waals surface area contributed by atoms with Crippen molar-refractivity contribution in [2.75, 3.05) is 19.8 Å². The third-order valence-electron chi connectivity index (χ3n) is 2.57. The lowest BCUT2D eigenvalue weighted by molar-refractivity contribution is 0.0980. The summed E-state index contributed by atoms with van der Waals surface area (Å²) in [4.78, 5) is 0. The van der Waals surface area contributed by atoms with Crippen LogP contribution in [0.25, 0.3) is 0 Å². The molecule has 0 spiro atoms. The second-order valence-electron chi connectivity index (χ2n) is 4.18. The predicted molar refractivity (Wildman–Crippen MR) is 73.3 cm³/mol. The van der Waals surface area contributed by atoms with E-state index < -0.39 is 6.10 Å². The van der Waals surface area contributed by atoms with Gasteiger partial charge in [-0.15, -0.1) is 0 Å². The number of benzene rings is 1. The molecule has 1 rings (SSSR count). The van der Waals surface area contributed by atoms with Crippen LogP contribution in [0.3, 0.4) is 0 Å². The van der Waals surface area contributed by atoms with E-state index in [4.69, 9.17) is 21.1 Å². The monoisotopic (exact) mass is 272 g/mol. The highest BCUT2D eigenvalue weighted by atomic mass is 35.5. The van der Waals surface area contributed by atoms with Crippen LogP contribution in [0, 0.1) is 0 Å². The summed E-state index contributed by atoms with van der Waals surface area (Å²) >= 11 is 6.06. The van der Waals surface area contributed by atoms with Gasteiger partial charge >= 0.3 is 0 Å². The lowest BCUT2D eigenvalue weighted by atomic mass is 10.1. The Morgan fingerprint density at radius 2 is 2.06 bits per heavy atom. The maximum absolute atomic E-state index is 9.42. The van der Waals surface area contributed by atoms with Gasteiger partial charge in [-0.25, -0.2) is 0 Å². The molecule has 0 saturated carbocycles. The van der Waals surface area contributed by atoms with E-state index in [0.717, 1.165) is 25.0 Å². The number of hydrogen-bond donors (Lipinski definition) is 1. The largest absolute Gasteiger partial charge is 0.490 e. The molecule has 0 bridgehead atoms. The zero-order valence-electron chi connectivity index (χ0n) is 11.0. The first-order valence-electron chi connectivity index (χ1n) is 6.33. The van der Waals surface area contributed by atoms with Gasteiger partial charge < -0.3 is 14.6 Å². The van der Waals surface area contributed by atoms with Gasteiger partial charge in [-0.1, -0.05) is 31.0 Å². The first-order valence-corrected chi connectivity index (χ1v) is 6.71. The molecule has 102 valence electrons. The van der Waals surface area contributed by atoms with Crippen LogP contribution in [-0.2, 0) is 4.74 Å². The average molecular weight is 273 g/mol. The predicted octanol–water partition coefficient (Wildman–Crippen LogP) is 3.59. The maximum atomic E-state index is 9.42. The topological polar surface area (TPSA) is 38.7 Å². The Morgan fingerprint density at radius 3 is 2.67 bits per heavy atom. The number of halogens is 1. The van der Waals surface area contributed by atoms with E-state index in [-0.39, 0.29) is 0 Å². The third kappa shape index (κ3) is 5.25. The first-order chi connectivity index (χ1) is 8.65. The van der Waals surface area contributed by atoms with E-state index in [1.165, 1.54) is 0 Å². The third-order valence-corrected chi connectivity index (χ3v) is 2.86. The second kappa shape index (κ2) is 8.35. The van der Waals surface area contributed by atoms with Crippen molar-refractivity contribution < 1.29 is 14.6 Å². The van der Waals surface area contributed by atoms with Crippen LogP contribution in [0.1, 0.15) is 38.4 Å². The molecule has 1 aromatic carbocycles. The molecule has 0 aliphatic carbocycles. The molecular weight excluding hydrogens is 252 g/mol. The smallest absolute Gasteiger partial charge is 0.138 e. The lowest BCUT2D eigenvalue weighted by Crippen LogP contribution is -2.07. The normalized spacial score (nSPS) is 12.4. The summed E-state index contributed by atoms with van der Waals surface area (Å²) in [5, 5.41) is 9.93. The van der Waals surface area contributed by atoms with Crippen molar-refractivity contribution in [2.24, 2.45) is 0 Å². The van der Waals surface area contributed by atoms with E-state index in [2.05, 4.69) is 6.92 Å². The Kier molecular flexibility index (Phi) is 7.09. The fraction of sp³-hybridized carbons (Fsp3) is 0.571. The quantitative estimate of drug-likeness (QED) is 0.735. The molecule has 1 aromatic rings. The Balaban J connectivity index is 2.34. The van der Waals surface area contributed by atoms with Gasteiger partial charge in [-0.2, -0.15) is 0 Å². The molecule has 0 aliphatic heterocycles. The zero-order valence-corrected chi connectivity index (χ0v) is 11.7. The van der Waals surface area contributed by atoms with Gasteiger partial charge in [0.1, 0.15) is 12.4 Å². The molecule has 1 atom stereocenters. The molecule has 0 fully saturated rings. The molecule has 0 aromatic heterocycles. The van der Waals surface area contributed by atoms with E-state index in [1.54, 1.807) is 19.1 Å². The molecule has 0 heterocycles. The summed E-state index contributed by atoms with van der Waals surface area (Å²) in [6, 6.07) is 5.31. The van der Waals surface area contributed by atoms with Crippen molar-refractivity contribution in [2.45, 2.75) is 32.8 Å². The molecule has 18 heavy (non-hydrogen) atoms. The molecule has 0 unspecified atom stereocenters. The number of aliphatic hydroxyl groups excluding tert-OH is 1. The second-order valence-corrected chi connectivity index (χ2v) is 4.59. The molecule has 1 N–H and O–H groups in total. The van der Waals surface area contributed by atoms with Crippen molar-refractivity contribution >= 4 is 11.6 Å². The summed E-state index contributed by atoms with van der Waals surface area (Å²) in [6.07, 6.45) is 1.69. The lowest BCUT2D eigenvalue weighted by Gasteiger charge is -2.11. The molecular formula is C14H21ClO3. The van der Waals surface area contributed by atoms with Gasteiger partial charge in [0.05, 0.1) is 17.7 Å². The van der Waals surface area contributed by atoms with Gasteiger partial charge in [0, 0.05) is 6.61 Å².